The second-order valence-corrected chi connectivity index (χ2v) is 7.10. The van der Waals surface area contributed by atoms with Crippen LogP contribution < -0.4 is 0 Å². The van der Waals surface area contributed by atoms with Crippen LogP contribution in [-0.2, 0) is 13.2 Å². The Kier molecular flexibility index (Phi) is 4.73. The van der Waals surface area contributed by atoms with Gasteiger partial charge in [-0.05, 0) is 30.3 Å². The molecule has 0 radical (unpaired) electrons. The molecule has 29 heavy (non-hydrogen) atoms. The van der Waals surface area contributed by atoms with Crippen molar-refractivity contribution >= 4 is 15.9 Å². The van der Waals surface area contributed by atoms with Gasteiger partial charge in [0, 0.05) is 28.8 Å². The van der Waals surface area contributed by atoms with Gasteiger partial charge in [0.25, 0.3) is 5.89 Å². The van der Waals surface area contributed by atoms with Gasteiger partial charge in [-0.25, -0.2) is 9.37 Å². The summed E-state index contributed by atoms with van der Waals surface area (Å²) >= 11 is 3.26. The van der Waals surface area contributed by atoms with Crippen molar-refractivity contribution in [2.45, 2.75) is 6.18 Å². The van der Waals surface area contributed by atoms with E-state index in [9.17, 15) is 17.6 Å². The van der Waals surface area contributed by atoms with Crippen molar-refractivity contribution in [3.8, 4) is 34.2 Å². The Bertz CT molecular complexity index is 1180. The maximum atomic E-state index is 14.0. The van der Waals surface area contributed by atoms with Gasteiger partial charge in [0.2, 0.25) is 5.82 Å². The minimum Gasteiger partial charge on any atom is -0.334 e. The maximum absolute atomic E-state index is 14.0. The van der Waals surface area contributed by atoms with Crippen molar-refractivity contribution in [2.75, 3.05) is 0 Å². The second-order valence-electron chi connectivity index (χ2n) is 6.18. The number of rotatable bonds is 3. The van der Waals surface area contributed by atoms with Crippen LogP contribution in [0.15, 0.2) is 57.7 Å². The molecule has 0 atom stereocenters. The summed E-state index contributed by atoms with van der Waals surface area (Å²) in [6, 6.07) is 10.8. The van der Waals surface area contributed by atoms with E-state index in [0.29, 0.717) is 15.6 Å². The molecule has 0 spiro atoms. The molecular formula is C19H11BrF4N4O. The fourth-order valence-corrected chi connectivity index (χ4v) is 3.11. The summed E-state index contributed by atoms with van der Waals surface area (Å²) in [5, 5.41) is 3.80. The fraction of sp³-hybridized carbons (Fsp3) is 0.105. The van der Waals surface area contributed by atoms with Crippen LogP contribution in [0.5, 0.6) is 0 Å². The van der Waals surface area contributed by atoms with Crippen molar-refractivity contribution in [1.29, 1.82) is 0 Å². The van der Waals surface area contributed by atoms with Crippen LogP contribution in [0.3, 0.4) is 0 Å². The molecule has 2 aromatic carbocycles. The van der Waals surface area contributed by atoms with Crippen molar-refractivity contribution in [3.05, 3.63) is 64.6 Å². The highest BCUT2D eigenvalue weighted by molar-refractivity contribution is 9.10. The van der Waals surface area contributed by atoms with E-state index >= 15 is 0 Å². The molecule has 4 rings (SSSR count). The molecule has 0 fully saturated rings. The Labute approximate surface area is 170 Å². The molecule has 0 N–H and O–H groups in total. The van der Waals surface area contributed by atoms with E-state index in [1.165, 1.54) is 23.7 Å². The van der Waals surface area contributed by atoms with E-state index < -0.39 is 17.7 Å². The third kappa shape index (κ3) is 3.80. The topological polar surface area (TPSA) is 56.7 Å². The molecule has 0 bridgehead atoms. The average molecular weight is 467 g/mol. The summed E-state index contributed by atoms with van der Waals surface area (Å²) in [6.45, 7) is 0. The van der Waals surface area contributed by atoms with Crippen molar-refractivity contribution < 1.29 is 22.1 Å². The molecule has 0 aliphatic carbocycles. The Morgan fingerprint density at radius 1 is 1.00 bits per heavy atom. The first kappa shape index (κ1) is 19.3. The van der Waals surface area contributed by atoms with Crippen LogP contribution in [-0.4, -0.2) is 19.7 Å². The Morgan fingerprint density at radius 3 is 2.34 bits per heavy atom. The van der Waals surface area contributed by atoms with Crippen LogP contribution in [0.1, 0.15) is 5.69 Å². The lowest BCUT2D eigenvalue weighted by Gasteiger charge is -2.02. The number of aryl methyl sites for hydroxylation is 1. The SMILES string of the molecule is Cn1cc(C(F)(F)F)nc1-c1ccc(-c2nc(-c3cc(Br)ccc3F)no2)cc1. The zero-order valence-electron chi connectivity index (χ0n) is 14.7. The van der Waals surface area contributed by atoms with Gasteiger partial charge >= 0.3 is 6.18 Å². The molecule has 4 aromatic rings. The molecule has 10 heteroatoms. The molecule has 0 unspecified atom stereocenters. The first-order valence-corrected chi connectivity index (χ1v) is 9.02. The fourth-order valence-electron chi connectivity index (χ4n) is 2.75. The van der Waals surface area contributed by atoms with Crippen LogP contribution in [0, 0.1) is 5.82 Å². The molecule has 0 aliphatic heterocycles. The molecule has 0 saturated heterocycles. The molecule has 0 amide bonds. The Morgan fingerprint density at radius 2 is 1.69 bits per heavy atom. The minimum absolute atomic E-state index is 0.0850. The van der Waals surface area contributed by atoms with Gasteiger partial charge in [-0.2, -0.15) is 18.2 Å². The number of hydrogen-bond acceptors (Lipinski definition) is 4. The number of alkyl halides is 3. The predicted molar refractivity (Wildman–Crippen MR) is 100 cm³/mol. The van der Waals surface area contributed by atoms with Crippen LogP contribution in [0.2, 0.25) is 0 Å². The van der Waals surface area contributed by atoms with E-state index in [1.54, 1.807) is 30.3 Å². The van der Waals surface area contributed by atoms with Gasteiger partial charge in [-0.15, -0.1) is 0 Å². The van der Waals surface area contributed by atoms with Crippen molar-refractivity contribution in [1.82, 2.24) is 19.7 Å². The van der Waals surface area contributed by atoms with Crippen LogP contribution in [0.25, 0.3) is 34.2 Å². The Balaban J connectivity index is 1.63. The van der Waals surface area contributed by atoms with Gasteiger partial charge in [-0.3, -0.25) is 0 Å². The summed E-state index contributed by atoms with van der Waals surface area (Å²) in [5.41, 5.74) is 0.244. The Hall–Kier alpha value is -3.01. The molecular weight excluding hydrogens is 456 g/mol. The van der Waals surface area contributed by atoms with Gasteiger partial charge in [0.1, 0.15) is 11.6 Å². The van der Waals surface area contributed by atoms with E-state index in [1.807, 2.05) is 0 Å². The maximum Gasteiger partial charge on any atom is 0.434 e. The molecule has 2 heterocycles. The van der Waals surface area contributed by atoms with Crippen LogP contribution >= 0.6 is 15.9 Å². The van der Waals surface area contributed by atoms with Crippen molar-refractivity contribution in [2.24, 2.45) is 7.05 Å². The zero-order valence-corrected chi connectivity index (χ0v) is 16.3. The third-order valence-corrected chi connectivity index (χ3v) is 4.65. The lowest BCUT2D eigenvalue weighted by atomic mass is 10.1. The first-order chi connectivity index (χ1) is 13.7. The normalized spacial score (nSPS) is 11.8. The summed E-state index contributed by atoms with van der Waals surface area (Å²) in [5.74, 6) is -0.0824. The van der Waals surface area contributed by atoms with Gasteiger partial charge in [0.05, 0.1) is 5.56 Å². The number of imidazole rings is 1. The largest absolute Gasteiger partial charge is 0.434 e. The van der Waals surface area contributed by atoms with E-state index in [-0.39, 0.29) is 23.1 Å². The summed E-state index contributed by atoms with van der Waals surface area (Å²) in [4.78, 5) is 7.86. The van der Waals surface area contributed by atoms with Gasteiger partial charge in [0.15, 0.2) is 5.69 Å². The average Bonchev–Trinajstić information content (AvgIpc) is 3.31. The molecule has 0 aliphatic rings. The lowest BCUT2D eigenvalue weighted by Crippen LogP contribution is -2.04. The molecule has 5 nitrogen and oxygen atoms in total. The standard InChI is InChI=1S/C19H11BrF4N4O/c1-28-9-15(19(22,23)24)25-17(28)10-2-4-11(5-3-10)18-26-16(27-29-18)13-8-12(20)6-7-14(13)21/h2-9H,1H3. The predicted octanol–water partition coefficient (Wildman–Crippen LogP) is 5.72. The summed E-state index contributed by atoms with van der Waals surface area (Å²) in [6.07, 6.45) is -3.59. The monoisotopic (exact) mass is 466 g/mol. The smallest absolute Gasteiger partial charge is 0.334 e. The minimum atomic E-state index is -4.52. The van der Waals surface area contributed by atoms with E-state index in [0.717, 1.165) is 6.20 Å². The molecule has 2 aromatic heterocycles. The highest BCUT2D eigenvalue weighted by atomic mass is 79.9. The third-order valence-electron chi connectivity index (χ3n) is 4.15. The van der Waals surface area contributed by atoms with Gasteiger partial charge < -0.3 is 9.09 Å². The highest BCUT2D eigenvalue weighted by Gasteiger charge is 2.34. The number of nitrogens with zero attached hydrogens (tertiary/aromatic N) is 4. The van der Waals surface area contributed by atoms with Crippen molar-refractivity contribution in [3.63, 3.8) is 0 Å². The second kappa shape index (κ2) is 7.11. The molecule has 0 saturated carbocycles. The number of aromatic nitrogens is 4. The highest BCUT2D eigenvalue weighted by Crippen LogP contribution is 2.32. The number of halogens is 5. The quantitative estimate of drug-likeness (QED) is 0.362. The first-order valence-electron chi connectivity index (χ1n) is 8.23. The van der Waals surface area contributed by atoms with E-state index in [2.05, 4.69) is 31.1 Å². The number of benzene rings is 2. The summed E-state index contributed by atoms with van der Waals surface area (Å²) in [7, 11) is 1.49. The molecule has 148 valence electrons. The van der Waals surface area contributed by atoms with Gasteiger partial charge in [-0.1, -0.05) is 33.2 Å². The lowest BCUT2D eigenvalue weighted by molar-refractivity contribution is -0.140. The van der Waals surface area contributed by atoms with Crippen LogP contribution in [0.4, 0.5) is 17.6 Å². The summed E-state index contributed by atoms with van der Waals surface area (Å²) < 4.78 is 59.7. The zero-order chi connectivity index (χ0) is 20.8. The van der Waals surface area contributed by atoms with E-state index in [4.69, 9.17) is 4.52 Å². The number of hydrogen-bond donors (Lipinski definition) is 0.